The molecule has 0 spiro atoms. The van der Waals surface area contributed by atoms with Crippen molar-refractivity contribution in [2.75, 3.05) is 36.2 Å². The maximum absolute atomic E-state index is 12.6. The molecule has 2 saturated heterocycles. The molecule has 0 saturated carbocycles. The van der Waals surface area contributed by atoms with Crippen molar-refractivity contribution in [3.8, 4) is 0 Å². The zero-order chi connectivity index (χ0) is 19.9. The van der Waals surface area contributed by atoms with Crippen LogP contribution in [0.15, 0.2) is 24.3 Å². The van der Waals surface area contributed by atoms with Gasteiger partial charge in [0.1, 0.15) is 12.6 Å². The Hall–Kier alpha value is -1.67. The molecule has 28 heavy (non-hydrogen) atoms. The van der Waals surface area contributed by atoms with Crippen LogP contribution in [0.2, 0.25) is 0 Å². The lowest BCUT2D eigenvalue weighted by atomic mass is 10.1. The van der Waals surface area contributed by atoms with Crippen molar-refractivity contribution < 1.29 is 14.4 Å². The quantitative estimate of drug-likeness (QED) is 0.619. The SMILES string of the molecule is CCCSCCCNC(=O)c1ccc(CN2CC(=O)N3CSCC3C2=O)cc1. The number of amides is 3. The first-order valence-electron chi connectivity index (χ1n) is 9.71. The normalized spacial score (nSPS) is 19.1. The molecule has 0 radical (unpaired) electrons. The van der Waals surface area contributed by atoms with Gasteiger partial charge in [0.05, 0.1) is 5.88 Å². The summed E-state index contributed by atoms with van der Waals surface area (Å²) in [6.07, 6.45) is 2.15. The van der Waals surface area contributed by atoms with E-state index in [2.05, 4.69) is 12.2 Å². The van der Waals surface area contributed by atoms with Gasteiger partial charge in [0.25, 0.3) is 5.91 Å². The summed E-state index contributed by atoms with van der Waals surface area (Å²) < 4.78 is 0. The fraction of sp³-hybridized carbons (Fsp3) is 0.550. The fourth-order valence-corrected chi connectivity index (χ4v) is 5.29. The number of carbonyl (C=O) groups is 3. The Balaban J connectivity index is 1.48. The lowest BCUT2D eigenvalue weighted by molar-refractivity contribution is -0.153. The Kier molecular flexibility index (Phi) is 7.67. The molecule has 2 aliphatic rings. The summed E-state index contributed by atoms with van der Waals surface area (Å²) >= 11 is 3.54. The minimum atomic E-state index is -0.313. The molecule has 3 amide bonds. The number of fused-ring (bicyclic) bond motifs is 1. The van der Waals surface area contributed by atoms with E-state index in [0.29, 0.717) is 30.3 Å². The molecule has 1 aromatic carbocycles. The molecule has 2 aliphatic heterocycles. The summed E-state index contributed by atoms with van der Waals surface area (Å²) in [5.74, 6) is 3.48. The van der Waals surface area contributed by atoms with Crippen LogP contribution in [0, 0.1) is 0 Å². The van der Waals surface area contributed by atoms with E-state index in [4.69, 9.17) is 0 Å². The second-order valence-electron chi connectivity index (χ2n) is 6.99. The molecule has 0 aromatic heterocycles. The van der Waals surface area contributed by atoms with E-state index in [9.17, 15) is 14.4 Å². The Morgan fingerprint density at radius 2 is 2.04 bits per heavy atom. The molecule has 1 atom stereocenters. The number of carbonyl (C=O) groups excluding carboxylic acids is 3. The molecule has 1 aromatic rings. The third kappa shape index (κ3) is 5.23. The van der Waals surface area contributed by atoms with E-state index in [1.807, 2.05) is 23.9 Å². The van der Waals surface area contributed by atoms with E-state index in [-0.39, 0.29) is 30.3 Å². The second kappa shape index (κ2) is 10.2. The molecule has 6 nitrogen and oxygen atoms in total. The largest absolute Gasteiger partial charge is 0.352 e. The number of hydrogen-bond acceptors (Lipinski definition) is 5. The molecule has 152 valence electrons. The van der Waals surface area contributed by atoms with Crippen molar-refractivity contribution in [2.45, 2.75) is 32.4 Å². The Morgan fingerprint density at radius 1 is 1.25 bits per heavy atom. The highest BCUT2D eigenvalue weighted by Gasteiger charge is 2.42. The van der Waals surface area contributed by atoms with E-state index in [0.717, 1.165) is 23.5 Å². The van der Waals surface area contributed by atoms with Crippen molar-refractivity contribution in [2.24, 2.45) is 0 Å². The van der Waals surface area contributed by atoms with Crippen LogP contribution in [0.25, 0.3) is 0 Å². The van der Waals surface area contributed by atoms with Crippen LogP contribution >= 0.6 is 23.5 Å². The highest BCUT2D eigenvalue weighted by molar-refractivity contribution is 7.99. The van der Waals surface area contributed by atoms with Gasteiger partial charge in [-0.25, -0.2) is 0 Å². The molecule has 0 aliphatic carbocycles. The number of piperazine rings is 1. The average Bonchev–Trinajstić information content (AvgIpc) is 3.20. The van der Waals surface area contributed by atoms with E-state index in [1.54, 1.807) is 33.7 Å². The number of thioether (sulfide) groups is 2. The van der Waals surface area contributed by atoms with Gasteiger partial charge in [-0.3, -0.25) is 14.4 Å². The molecule has 0 bridgehead atoms. The van der Waals surface area contributed by atoms with Crippen LogP contribution in [0.1, 0.15) is 35.7 Å². The van der Waals surface area contributed by atoms with Crippen LogP contribution in [-0.4, -0.2) is 69.8 Å². The van der Waals surface area contributed by atoms with Crippen molar-refractivity contribution >= 4 is 41.2 Å². The third-order valence-corrected chi connectivity index (χ3v) is 7.10. The minimum Gasteiger partial charge on any atom is -0.352 e. The first-order valence-corrected chi connectivity index (χ1v) is 12.0. The van der Waals surface area contributed by atoms with Crippen LogP contribution in [0.4, 0.5) is 0 Å². The zero-order valence-corrected chi connectivity index (χ0v) is 17.8. The molecule has 8 heteroatoms. The Morgan fingerprint density at radius 3 is 2.79 bits per heavy atom. The average molecular weight is 422 g/mol. The summed E-state index contributed by atoms with van der Waals surface area (Å²) in [6.45, 7) is 3.38. The van der Waals surface area contributed by atoms with Crippen LogP contribution in [0.3, 0.4) is 0 Å². The smallest absolute Gasteiger partial charge is 0.251 e. The van der Waals surface area contributed by atoms with Crippen LogP contribution in [0.5, 0.6) is 0 Å². The first kappa shape index (κ1) is 21.0. The number of nitrogens with one attached hydrogen (secondary N) is 1. The fourth-order valence-electron chi connectivity index (χ4n) is 3.28. The van der Waals surface area contributed by atoms with Crippen molar-refractivity contribution in [1.29, 1.82) is 0 Å². The Bertz CT molecular complexity index is 711. The molecule has 2 heterocycles. The van der Waals surface area contributed by atoms with Gasteiger partial charge >= 0.3 is 0 Å². The van der Waals surface area contributed by atoms with Gasteiger partial charge < -0.3 is 15.1 Å². The maximum Gasteiger partial charge on any atom is 0.251 e. The highest BCUT2D eigenvalue weighted by atomic mass is 32.2. The van der Waals surface area contributed by atoms with Gasteiger partial charge in [-0.15, -0.1) is 11.8 Å². The standard InChI is InChI=1S/C20H27N3O3S2/c1-2-9-27-10-3-8-21-19(25)16-6-4-15(5-7-16)11-22-12-18(24)23-14-28-13-17(23)20(22)26/h4-7,17H,2-3,8-14H2,1H3,(H,21,25). The van der Waals surface area contributed by atoms with Gasteiger partial charge in [-0.2, -0.15) is 11.8 Å². The molecule has 1 unspecified atom stereocenters. The van der Waals surface area contributed by atoms with Crippen molar-refractivity contribution in [3.05, 3.63) is 35.4 Å². The lowest BCUT2D eigenvalue weighted by Gasteiger charge is -2.35. The molecular formula is C20H27N3O3S2. The number of hydrogen-bond donors (Lipinski definition) is 1. The first-order chi connectivity index (χ1) is 13.6. The highest BCUT2D eigenvalue weighted by Crippen LogP contribution is 2.26. The van der Waals surface area contributed by atoms with E-state index in [1.165, 1.54) is 6.42 Å². The van der Waals surface area contributed by atoms with Gasteiger partial charge in [0.15, 0.2) is 0 Å². The summed E-state index contributed by atoms with van der Waals surface area (Å²) in [6, 6.07) is 6.97. The third-order valence-electron chi connectivity index (χ3n) is 4.81. The van der Waals surface area contributed by atoms with Crippen molar-refractivity contribution in [1.82, 2.24) is 15.1 Å². The van der Waals surface area contributed by atoms with Gasteiger partial charge in [0.2, 0.25) is 11.8 Å². The van der Waals surface area contributed by atoms with Gasteiger partial charge in [-0.1, -0.05) is 19.1 Å². The number of nitrogens with zero attached hydrogens (tertiary/aromatic N) is 2. The van der Waals surface area contributed by atoms with E-state index < -0.39 is 0 Å². The predicted octanol–water partition coefficient (Wildman–Crippen LogP) is 2.19. The molecule has 1 N–H and O–H groups in total. The minimum absolute atomic E-state index is 0.0164. The summed E-state index contributed by atoms with van der Waals surface area (Å²) in [5, 5.41) is 2.95. The van der Waals surface area contributed by atoms with Crippen LogP contribution < -0.4 is 5.32 Å². The topological polar surface area (TPSA) is 69.7 Å². The zero-order valence-electron chi connectivity index (χ0n) is 16.2. The molecular weight excluding hydrogens is 394 g/mol. The monoisotopic (exact) mass is 421 g/mol. The molecule has 2 fully saturated rings. The maximum atomic E-state index is 12.6. The Labute approximate surface area is 174 Å². The van der Waals surface area contributed by atoms with Crippen molar-refractivity contribution in [3.63, 3.8) is 0 Å². The summed E-state index contributed by atoms with van der Waals surface area (Å²) in [5.41, 5.74) is 1.54. The predicted molar refractivity (Wildman–Crippen MR) is 114 cm³/mol. The summed E-state index contributed by atoms with van der Waals surface area (Å²) in [4.78, 5) is 40.3. The van der Waals surface area contributed by atoms with E-state index >= 15 is 0 Å². The number of rotatable bonds is 9. The lowest BCUT2D eigenvalue weighted by Crippen LogP contribution is -2.57. The molecule has 3 rings (SSSR count). The van der Waals surface area contributed by atoms with Gasteiger partial charge in [0, 0.05) is 24.4 Å². The summed E-state index contributed by atoms with van der Waals surface area (Å²) in [7, 11) is 0. The van der Waals surface area contributed by atoms with Gasteiger partial charge in [-0.05, 0) is 42.0 Å². The van der Waals surface area contributed by atoms with Crippen LogP contribution in [-0.2, 0) is 16.1 Å². The number of benzene rings is 1. The second-order valence-corrected chi connectivity index (χ2v) is 9.22.